The molecule has 156 valence electrons. The lowest BCUT2D eigenvalue weighted by Crippen LogP contribution is -2.45. The number of halogens is 2. The van der Waals surface area contributed by atoms with Crippen molar-refractivity contribution in [2.45, 2.75) is 17.7 Å². The van der Waals surface area contributed by atoms with Gasteiger partial charge in [-0.15, -0.1) is 0 Å². The second-order valence-corrected chi connectivity index (χ2v) is 9.07. The van der Waals surface area contributed by atoms with Gasteiger partial charge in [-0.3, -0.25) is 4.79 Å². The first kappa shape index (κ1) is 21.5. The van der Waals surface area contributed by atoms with Gasteiger partial charge in [0, 0.05) is 13.1 Å². The van der Waals surface area contributed by atoms with Crippen LogP contribution in [0.5, 0.6) is 5.75 Å². The standard InChI is InChI=1S/C20H22ClFN2O4S/c21-18-5-1-2-6-19(18)28-13-11-23-20(25)15-4-3-12-24(14-15)29(26,27)17-9-7-16(22)8-10-17/h1-2,5-10,15H,3-4,11-14H2,(H,23,25)/t15-/m1/s1. The summed E-state index contributed by atoms with van der Waals surface area (Å²) < 4.78 is 45.4. The topological polar surface area (TPSA) is 75.7 Å². The van der Waals surface area contributed by atoms with Crippen LogP contribution < -0.4 is 10.1 Å². The van der Waals surface area contributed by atoms with E-state index in [0.717, 1.165) is 12.1 Å². The van der Waals surface area contributed by atoms with Crippen LogP contribution in [0.2, 0.25) is 5.02 Å². The number of carbonyl (C=O) groups excluding carboxylic acids is 1. The summed E-state index contributed by atoms with van der Waals surface area (Å²) in [6, 6.07) is 11.8. The van der Waals surface area contributed by atoms with Gasteiger partial charge >= 0.3 is 0 Å². The molecule has 0 bridgehead atoms. The molecule has 0 unspecified atom stereocenters. The van der Waals surface area contributed by atoms with Gasteiger partial charge in [-0.05, 0) is 49.2 Å². The van der Waals surface area contributed by atoms with Gasteiger partial charge in [0.2, 0.25) is 15.9 Å². The number of nitrogens with one attached hydrogen (secondary N) is 1. The summed E-state index contributed by atoms with van der Waals surface area (Å²) in [5, 5.41) is 3.28. The van der Waals surface area contributed by atoms with Crippen LogP contribution in [0.1, 0.15) is 12.8 Å². The van der Waals surface area contributed by atoms with E-state index in [1.165, 1.54) is 16.4 Å². The van der Waals surface area contributed by atoms with E-state index in [-0.39, 0.29) is 30.5 Å². The lowest BCUT2D eigenvalue weighted by Gasteiger charge is -2.31. The number of nitrogens with zero attached hydrogens (tertiary/aromatic N) is 1. The number of piperidine rings is 1. The number of hydrogen-bond acceptors (Lipinski definition) is 4. The average molecular weight is 441 g/mol. The summed E-state index contributed by atoms with van der Waals surface area (Å²) in [6.07, 6.45) is 1.18. The van der Waals surface area contributed by atoms with Crippen LogP contribution in [0.4, 0.5) is 4.39 Å². The molecule has 0 aromatic heterocycles. The maximum absolute atomic E-state index is 13.1. The van der Waals surface area contributed by atoms with E-state index in [2.05, 4.69) is 5.32 Å². The van der Waals surface area contributed by atoms with Crippen LogP contribution in [0.15, 0.2) is 53.4 Å². The van der Waals surface area contributed by atoms with Crippen LogP contribution in [-0.4, -0.2) is 44.9 Å². The maximum Gasteiger partial charge on any atom is 0.243 e. The van der Waals surface area contributed by atoms with Crippen molar-refractivity contribution < 1.29 is 22.3 Å². The van der Waals surface area contributed by atoms with Crippen molar-refractivity contribution in [3.8, 4) is 5.75 Å². The minimum atomic E-state index is -3.76. The zero-order valence-corrected chi connectivity index (χ0v) is 17.3. The highest BCUT2D eigenvalue weighted by Gasteiger charge is 2.33. The molecule has 9 heteroatoms. The predicted molar refractivity (Wildman–Crippen MR) is 108 cm³/mol. The van der Waals surface area contributed by atoms with Crippen LogP contribution in [-0.2, 0) is 14.8 Å². The molecule has 1 N–H and O–H groups in total. The monoisotopic (exact) mass is 440 g/mol. The highest BCUT2D eigenvalue weighted by atomic mass is 35.5. The summed E-state index contributed by atoms with van der Waals surface area (Å²) in [5.41, 5.74) is 0. The van der Waals surface area contributed by atoms with Gasteiger partial charge in [0.15, 0.2) is 0 Å². The normalized spacial score (nSPS) is 17.7. The molecule has 6 nitrogen and oxygen atoms in total. The lowest BCUT2D eigenvalue weighted by atomic mass is 9.99. The Balaban J connectivity index is 1.52. The first-order chi connectivity index (χ1) is 13.9. The zero-order chi connectivity index (χ0) is 20.9. The third kappa shape index (κ3) is 5.46. The largest absolute Gasteiger partial charge is 0.490 e. The Morgan fingerprint density at radius 1 is 1.21 bits per heavy atom. The summed E-state index contributed by atoms with van der Waals surface area (Å²) in [5.74, 6) is -0.623. The molecular weight excluding hydrogens is 419 g/mol. The smallest absolute Gasteiger partial charge is 0.243 e. The Labute approximate surface area is 174 Å². The van der Waals surface area contributed by atoms with Crippen molar-refractivity contribution in [3.05, 3.63) is 59.4 Å². The van der Waals surface area contributed by atoms with Crippen molar-refractivity contribution in [1.82, 2.24) is 9.62 Å². The van der Waals surface area contributed by atoms with Crippen molar-refractivity contribution in [1.29, 1.82) is 0 Å². The van der Waals surface area contributed by atoms with Gasteiger partial charge in [-0.25, -0.2) is 12.8 Å². The summed E-state index contributed by atoms with van der Waals surface area (Å²) in [4.78, 5) is 12.5. The predicted octanol–water partition coefficient (Wildman–Crippen LogP) is 3.08. The summed E-state index contributed by atoms with van der Waals surface area (Å²) in [7, 11) is -3.76. The van der Waals surface area contributed by atoms with Gasteiger partial charge in [0.1, 0.15) is 18.2 Å². The second kappa shape index (κ2) is 9.56. The fourth-order valence-electron chi connectivity index (χ4n) is 3.17. The maximum atomic E-state index is 13.1. The van der Waals surface area contributed by atoms with Crippen LogP contribution in [0, 0.1) is 11.7 Å². The minimum absolute atomic E-state index is 0.0214. The van der Waals surface area contributed by atoms with Crippen molar-refractivity contribution in [2.24, 2.45) is 5.92 Å². The van der Waals surface area contributed by atoms with Gasteiger partial charge in [0.05, 0.1) is 22.4 Å². The third-order valence-electron chi connectivity index (χ3n) is 4.70. The van der Waals surface area contributed by atoms with Crippen molar-refractivity contribution in [3.63, 3.8) is 0 Å². The first-order valence-electron chi connectivity index (χ1n) is 9.28. The molecule has 2 aromatic rings. The van der Waals surface area contributed by atoms with E-state index in [9.17, 15) is 17.6 Å². The van der Waals surface area contributed by atoms with Crippen LogP contribution in [0.25, 0.3) is 0 Å². The van der Waals surface area contributed by atoms with E-state index in [0.29, 0.717) is 30.2 Å². The number of sulfonamides is 1. The Hall–Kier alpha value is -2.16. The minimum Gasteiger partial charge on any atom is -0.490 e. The average Bonchev–Trinajstić information content (AvgIpc) is 2.72. The van der Waals surface area contributed by atoms with Crippen molar-refractivity contribution >= 4 is 27.5 Å². The quantitative estimate of drug-likeness (QED) is 0.671. The molecule has 3 rings (SSSR count). The zero-order valence-electron chi connectivity index (χ0n) is 15.7. The van der Waals surface area contributed by atoms with E-state index >= 15 is 0 Å². The van der Waals surface area contributed by atoms with Crippen LogP contribution in [0.3, 0.4) is 0 Å². The Kier molecular flexibility index (Phi) is 7.10. The Bertz CT molecular complexity index is 953. The molecule has 1 aliphatic heterocycles. The van der Waals surface area contributed by atoms with Gasteiger partial charge in [-0.1, -0.05) is 23.7 Å². The van der Waals surface area contributed by atoms with E-state index in [1.54, 1.807) is 24.3 Å². The van der Waals surface area contributed by atoms with Crippen molar-refractivity contribution in [2.75, 3.05) is 26.2 Å². The fraction of sp³-hybridized carbons (Fsp3) is 0.350. The number of carbonyl (C=O) groups is 1. The molecule has 0 radical (unpaired) electrons. The fourth-order valence-corrected chi connectivity index (χ4v) is 4.89. The van der Waals surface area contributed by atoms with Gasteiger partial charge < -0.3 is 10.1 Å². The first-order valence-corrected chi connectivity index (χ1v) is 11.1. The van der Waals surface area contributed by atoms with E-state index in [4.69, 9.17) is 16.3 Å². The van der Waals surface area contributed by atoms with Gasteiger partial charge in [0.25, 0.3) is 0 Å². The number of benzene rings is 2. The molecule has 2 aromatic carbocycles. The Morgan fingerprint density at radius 3 is 2.66 bits per heavy atom. The summed E-state index contributed by atoms with van der Waals surface area (Å²) >= 11 is 6.01. The second-order valence-electron chi connectivity index (χ2n) is 6.73. The number of amides is 1. The molecule has 1 saturated heterocycles. The summed E-state index contributed by atoms with van der Waals surface area (Å²) in [6.45, 7) is 0.959. The van der Waals surface area contributed by atoms with E-state index < -0.39 is 21.8 Å². The Morgan fingerprint density at radius 2 is 1.93 bits per heavy atom. The number of para-hydroxylation sites is 1. The molecule has 0 aliphatic carbocycles. The molecule has 0 saturated carbocycles. The van der Waals surface area contributed by atoms with E-state index in [1.807, 2.05) is 0 Å². The highest BCUT2D eigenvalue weighted by molar-refractivity contribution is 7.89. The molecule has 1 fully saturated rings. The molecule has 1 amide bonds. The van der Waals surface area contributed by atoms with Crippen LogP contribution >= 0.6 is 11.6 Å². The van der Waals surface area contributed by atoms with Gasteiger partial charge in [-0.2, -0.15) is 4.31 Å². The lowest BCUT2D eigenvalue weighted by molar-refractivity contribution is -0.126. The number of rotatable bonds is 7. The molecule has 0 spiro atoms. The molecule has 1 aliphatic rings. The number of ether oxygens (including phenoxy) is 1. The molecule has 1 atom stereocenters. The highest BCUT2D eigenvalue weighted by Crippen LogP contribution is 2.24. The third-order valence-corrected chi connectivity index (χ3v) is 6.89. The SMILES string of the molecule is O=C(NCCOc1ccccc1Cl)[C@@H]1CCCN(S(=O)(=O)c2ccc(F)cc2)C1. The number of hydrogen-bond donors (Lipinski definition) is 1. The molecule has 1 heterocycles. The molecular formula is C20H22ClFN2O4S. The molecule has 29 heavy (non-hydrogen) atoms.